The van der Waals surface area contributed by atoms with Gasteiger partial charge in [0.15, 0.2) is 15.1 Å². The summed E-state index contributed by atoms with van der Waals surface area (Å²) in [4.78, 5) is 0. The molecule has 0 N–H and O–H groups in total. The highest BCUT2D eigenvalue weighted by atomic mass is 127. The van der Waals surface area contributed by atoms with Gasteiger partial charge in [-0.3, -0.25) is 0 Å². The maximum atomic E-state index is 6.25. The summed E-state index contributed by atoms with van der Waals surface area (Å²) >= 11 is 4.23. The number of hydrogen-bond acceptors (Lipinski definition) is 3. The third-order valence-corrected chi connectivity index (χ3v) is 8.78. The van der Waals surface area contributed by atoms with E-state index in [4.69, 9.17) is 14.2 Å². The summed E-state index contributed by atoms with van der Waals surface area (Å²) in [6.07, 6.45) is 0. The smallest absolute Gasteiger partial charge is 0.358 e. The quantitative estimate of drug-likeness (QED) is 0.239. The van der Waals surface area contributed by atoms with Gasteiger partial charge in [-0.25, -0.2) is 0 Å². The van der Waals surface area contributed by atoms with E-state index < -0.39 is 0 Å². The Morgan fingerprint density at radius 2 is 1.12 bits per heavy atom. The maximum Gasteiger partial charge on any atom is 0.358 e. The summed E-state index contributed by atoms with van der Waals surface area (Å²) in [6.45, 7) is 0.938. The number of benzene rings is 4. The molecule has 0 saturated heterocycles. The predicted molar refractivity (Wildman–Crippen MR) is 144 cm³/mol. The molecular formula is C27H22I3O3+. The van der Waals surface area contributed by atoms with Gasteiger partial charge in [-0.15, -0.1) is 0 Å². The Bertz CT molecular complexity index is 1110. The highest BCUT2D eigenvalue weighted by Gasteiger charge is 2.23. The van der Waals surface area contributed by atoms with Gasteiger partial charge in [0.25, 0.3) is 0 Å². The van der Waals surface area contributed by atoms with Crippen LogP contribution in [0.5, 0.6) is 17.2 Å². The SMILES string of the molecule is COc1c(OCc2ccc(I)cc2)cc([I+]c2ccccc2)cc1OCc1ccc(I)cc1. The molecule has 0 spiro atoms. The second kappa shape index (κ2) is 12.3. The Morgan fingerprint density at radius 3 is 1.58 bits per heavy atom. The van der Waals surface area contributed by atoms with Crippen molar-refractivity contribution in [3.63, 3.8) is 0 Å². The molecule has 33 heavy (non-hydrogen) atoms. The van der Waals surface area contributed by atoms with Crippen LogP contribution in [-0.4, -0.2) is 7.11 Å². The molecule has 4 aromatic rings. The fraction of sp³-hybridized carbons (Fsp3) is 0.111. The Hall–Kier alpha value is -1.53. The molecule has 4 rings (SSSR count). The largest absolute Gasteiger partial charge is 0.490 e. The minimum Gasteiger partial charge on any atom is -0.490 e. The molecule has 0 aliphatic heterocycles. The second-order valence-corrected chi connectivity index (χ2v) is 12.7. The predicted octanol–water partition coefficient (Wildman–Crippen LogP) is 4.19. The molecule has 6 heteroatoms. The van der Waals surface area contributed by atoms with Gasteiger partial charge in [-0.05, 0) is 92.7 Å². The fourth-order valence-electron chi connectivity index (χ4n) is 3.10. The highest BCUT2D eigenvalue weighted by Crippen LogP contribution is 2.38. The average molecular weight is 775 g/mol. The topological polar surface area (TPSA) is 27.7 Å². The summed E-state index contributed by atoms with van der Waals surface area (Å²) in [5.41, 5.74) is 2.23. The molecule has 0 bridgehead atoms. The summed E-state index contributed by atoms with van der Waals surface area (Å²) in [7, 11) is 1.66. The van der Waals surface area contributed by atoms with Gasteiger partial charge in [-0.2, -0.15) is 0 Å². The lowest BCUT2D eigenvalue weighted by atomic mass is 10.2. The zero-order chi connectivity index (χ0) is 23.0. The van der Waals surface area contributed by atoms with Crippen molar-refractivity contribution in [1.82, 2.24) is 0 Å². The lowest BCUT2D eigenvalue weighted by molar-refractivity contribution is -0.597. The highest BCUT2D eigenvalue weighted by molar-refractivity contribution is 14.1. The number of rotatable bonds is 9. The van der Waals surface area contributed by atoms with Gasteiger partial charge in [0.05, 0.1) is 7.11 Å². The lowest BCUT2D eigenvalue weighted by Gasteiger charge is -2.15. The van der Waals surface area contributed by atoms with E-state index in [0.717, 1.165) is 11.1 Å². The van der Waals surface area contributed by atoms with Crippen molar-refractivity contribution >= 4 is 45.2 Å². The van der Waals surface area contributed by atoms with Crippen LogP contribution in [0.4, 0.5) is 0 Å². The Morgan fingerprint density at radius 1 is 0.636 bits per heavy atom. The van der Waals surface area contributed by atoms with E-state index in [1.54, 1.807) is 7.11 Å². The Labute approximate surface area is 232 Å². The molecule has 0 aliphatic rings. The molecule has 0 unspecified atom stereocenters. The van der Waals surface area contributed by atoms with Crippen LogP contribution in [0.15, 0.2) is 91.0 Å². The van der Waals surface area contributed by atoms with E-state index >= 15 is 0 Å². The first kappa shape index (κ1) is 24.6. The van der Waals surface area contributed by atoms with Crippen LogP contribution in [0.1, 0.15) is 11.1 Å². The van der Waals surface area contributed by atoms with E-state index in [1.807, 2.05) is 6.07 Å². The van der Waals surface area contributed by atoms with Crippen LogP contribution in [0.25, 0.3) is 0 Å². The van der Waals surface area contributed by atoms with E-state index in [-0.39, 0.29) is 21.2 Å². The van der Waals surface area contributed by atoms with Crippen molar-refractivity contribution in [2.75, 3.05) is 7.11 Å². The van der Waals surface area contributed by atoms with Crippen molar-refractivity contribution in [2.45, 2.75) is 13.2 Å². The molecule has 4 aromatic carbocycles. The summed E-state index contributed by atoms with van der Waals surface area (Å²) in [6, 6.07) is 31.5. The minimum atomic E-state index is -0.383. The third-order valence-electron chi connectivity index (χ3n) is 4.76. The minimum absolute atomic E-state index is 0.383. The monoisotopic (exact) mass is 775 g/mol. The van der Waals surface area contributed by atoms with E-state index in [9.17, 15) is 0 Å². The lowest BCUT2D eigenvalue weighted by Crippen LogP contribution is -3.61. The van der Waals surface area contributed by atoms with Crippen LogP contribution < -0.4 is 35.4 Å². The van der Waals surface area contributed by atoms with Gasteiger partial charge in [0, 0.05) is 19.3 Å². The van der Waals surface area contributed by atoms with Gasteiger partial charge in [-0.1, -0.05) is 42.5 Å². The molecule has 168 valence electrons. The van der Waals surface area contributed by atoms with Crippen molar-refractivity contribution < 1.29 is 35.4 Å². The molecule has 0 aromatic heterocycles. The van der Waals surface area contributed by atoms with Crippen LogP contribution in [0.3, 0.4) is 0 Å². The summed E-state index contributed by atoms with van der Waals surface area (Å²) in [5, 5.41) is 0. The summed E-state index contributed by atoms with van der Waals surface area (Å²) < 4.78 is 23.2. The van der Waals surface area contributed by atoms with E-state index in [2.05, 4.69) is 130 Å². The molecule has 0 fully saturated rings. The van der Waals surface area contributed by atoms with Crippen molar-refractivity contribution in [3.8, 4) is 17.2 Å². The van der Waals surface area contributed by atoms with Crippen LogP contribution in [0, 0.1) is 14.3 Å². The first-order chi connectivity index (χ1) is 16.1. The molecule has 0 saturated carbocycles. The zero-order valence-electron chi connectivity index (χ0n) is 17.9. The maximum absolute atomic E-state index is 6.25. The van der Waals surface area contributed by atoms with Crippen molar-refractivity contribution in [3.05, 3.63) is 116 Å². The number of halogens is 3. The number of methoxy groups -OCH3 is 1. The molecule has 0 heterocycles. The van der Waals surface area contributed by atoms with Gasteiger partial charge in [0.2, 0.25) is 9.32 Å². The van der Waals surface area contributed by atoms with Gasteiger partial charge in [0.1, 0.15) is 13.2 Å². The molecule has 3 nitrogen and oxygen atoms in total. The zero-order valence-corrected chi connectivity index (χ0v) is 24.4. The Balaban J connectivity index is 1.61. The molecular weight excluding hydrogens is 753 g/mol. The van der Waals surface area contributed by atoms with E-state index in [1.165, 1.54) is 14.3 Å². The first-order valence-corrected chi connectivity index (χ1v) is 14.6. The number of ether oxygens (including phenoxy) is 3. The van der Waals surface area contributed by atoms with Crippen molar-refractivity contribution in [2.24, 2.45) is 0 Å². The molecule has 0 atom stereocenters. The van der Waals surface area contributed by atoms with E-state index in [0.29, 0.717) is 30.5 Å². The second-order valence-electron chi connectivity index (χ2n) is 7.16. The molecule has 0 radical (unpaired) electrons. The van der Waals surface area contributed by atoms with Crippen molar-refractivity contribution in [1.29, 1.82) is 0 Å². The van der Waals surface area contributed by atoms with Crippen LogP contribution in [0.2, 0.25) is 0 Å². The van der Waals surface area contributed by atoms with Gasteiger partial charge < -0.3 is 14.2 Å². The van der Waals surface area contributed by atoms with Gasteiger partial charge >= 0.3 is 21.2 Å². The fourth-order valence-corrected chi connectivity index (χ4v) is 6.19. The van der Waals surface area contributed by atoms with Crippen LogP contribution in [-0.2, 0) is 13.2 Å². The average Bonchev–Trinajstić information content (AvgIpc) is 2.84. The Kier molecular flexibility index (Phi) is 9.13. The summed E-state index contributed by atoms with van der Waals surface area (Å²) in [5.74, 6) is 2.05. The third kappa shape index (κ3) is 7.22. The molecule has 0 amide bonds. The molecule has 0 aliphatic carbocycles. The number of hydrogen-bond donors (Lipinski definition) is 0. The normalized spacial score (nSPS) is 10.6. The van der Waals surface area contributed by atoms with Crippen LogP contribution >= 0.6 is 45.2 Å². The first-order valence-electron chi connectivity index (χ1n) is 10.3. The standard InChI is InChI=1S/C27H22I3O3/c1-31-27-25(32-17-19-7-11-21(28)12-8-19)15-24(30-23-5-3-2-4-6-23)16-26(27)33-18-20-9-13-22(29)14-10-20/h2-16H,17-18H2,1H3/q+1.